The van der Waals surface area contributed by atoms with Gasteiger partial charge in [-0.25, -0.2) is 4.68 Å². The fourth-order valence-corrected chi connectivity index (χ4v) is 1.82. The summed E-state index contributed by atoms with van der Waals surface area (Å²) in [6, 6.07) is 9.73. The van der Waals surface area contributed by atoms with E-state index in [0.717, 1.165) is 10.2 Å². The molecule has 0 aliphatic heterocycles. The first kappa shape index (κ1) is 15.6. The van der Waals surface area contributed by atoms with Crippen LogP contribution in [0.3, 0.4) is 0 Å². The maximum Gasteiger partial charge on any atom is 0.292 e. The maximum absolute atomic E-state index is 12.1. The van der Waals surface area contributed by atoms with Crippen molar-refractivity contribution in [2.75, 3.05) is 25.1 Å². The topological polar surface area (TPSA) is 93.2 Å². The van der Waals surface area contributed by atoms with Crippen LogP contribution in [0.15, 0.2) is 41.3 Å². The molecule has 0 unspecified atom stereocenters. The highest BCUT2D eigenvalue weighted by Gasteiger charge is 2.12. The molecule has 2 aromatic rings. The molecule has 1 aromatic heterocycles. The largest absolute Gasteiger partial charge is 0.392 e. The Morgan fingerprint density at radius 1 is 1.32 bits per heavy atom. The van der Waals surface area contributed by atoms with Crippen LogP contribution in [0.5, 0.6) is 0 Å². The average Bonchev–Trinajstić information content (AvgIpc) is 2.52. The van der Waals surface area contributed by atoms with Gasteiger partial charge >= 0.3 is 0 Å². The number of nitrogens with two attached hydrogens (primary N) is 1. The lowest BCUT2D eigenvalue weighted by Crippen LogP contribution is -2.34. The van der Waals surface area contributed by atoms with Crippen LogP contribution in [-0.2, 0) is 17.9 Å². The summed E-state index contributed by atoms with van der Waals surface area (Å²) in [5.74, 6) is -0.223. The highest BCUT2D eigenvalue weighted by atomic mass is 16.2. The molecule has 0 aliphatic carbocycles. The van der Waals surface area contributed by atoms with Gasteiger partial charge in [-0.3, -0.25) is 9.59 Å². The molecule has 1 aromatic carbocycles. The Balaban J connectivity index is 2.13. The molecule has 1 amide bonds. The molecule has 0 radical (unpaired) electrons. The number of nitrogen functional groups attached to an aromatic ring is 1. The molecule has 116 valence electrons. The monoisotopic (exact) mass is 301 g/mol. The van der Waals surface area contributed by atoms with Gasteiger partial charge in [0.05, 0.1) is 11.9 Å². The van der Waals surface area contributed by atoms with Crippen LogP contribution in [0.1, 0.15) is 5.56 Å². The minimum Gasteiger partial charge on any atom is -0.392 e. The molecule has 0 aliphatic rings. The minimum atomic E-state index is -0.478. The number of nitrogens with one attached hydrogen (secondary N) is 1. The second-order valence-electron chi connectivity index (χ2n) is 5.06. The van der Waals surface area contributed by atoms with E-state index in [0.29, 0.717) is 12.2 Å². The predicted octanol–water partition coefficient (Wildman–Crippen LogP) is 0.526. The fraction of sp³-hybridized carbons (Fsp3) is 0.267. The number of anilines is 2. The highest BCUT2D eigenvalue weighted by molar-refractivity contribution is 5.75. The second kappa shape index (κ2) is 6.75. The van der Waals surface area contributed by atoms with Crippen molar-refractivity contribution in [2.45, 2.75) is 13.1 Å². The number of nitrogens with zero attached hydrogens (tertiary/aromatic N) is 3. The SMILES string of the molecule is CN(C)C(=O)Cn1ncc(NCc2ccccc2)c(N)c1=O. The van der Waals surface area contributed by atoms with Gasteiger partial charge in [0.15, 0.2) is 0 Å². The molecule has 0 spiro atoms. The van der Waals surface area contributed by atoms with E-state index >= 15 is 0 Å². The first-order valence-corrected chi connectivity index (χ1v) is 6.82. The number of amides is 1. The Kier molecular flexibility index (Phi) is 4.77. The molecule has 0 saturated carbocycles. The molecule has 0 saturated heterocycles. The Morgan fingerprint density at radius 3 is 2.64 bits per heavy atom. The summed E-state index contributed by atoms with van der Waals surface area (Å²) in [5.41, 5.74) is 6.94. The number of benzene rings is 1. The summed E-state index contributed by atoms with van der Waals surface area (Å²) in [4.78, 5) is 25.2. The lowest BCUT2D eigenvalue weighted by Gasteiger charge is -2.13. The first-order valence-electron chi connectivity index (χ1n) is 6.82. The van der Waals surface area contributed by atoms with Gasteiger partial charge in [0, 0.05) is 20.6 Å². The Labute approximate surface area is 128 Å². The van der Waals surface area contributed by atoms with Gasteiger partial charge < -0.3 is 16.0 Å². The third kappa shape index (κ3) is 3.63. The molecule has 3 N–H and O–H groups in total. The number of carbonyl (C=O) groups excluding carboxylic acids is 1. The van der Waals surface area contributed by atoms with Crippen molar-refractivity contribution in [1.82, 2.24) is 14.7 Å². The average molecular weight is 301 g/mol. The Bertz CT molecular complexity index is 710. The lowest BCUT2D eigenvalue weighted by atomic mass is 10.2. The number of rotatable bonds is 5. The number of hydrogen-bond donors (Lipinski definition) is 2. The van der Waals surface area contributed by atoms with Gasteiger partial charge in [-0.2, -0.15) is 5.10 Å². The van der Waals surface area contributed by atoms with Crippen LogP contribution in [0.25, 0.3) is 0 Å². The molecular weight excluding hydrogens is 282 g/mol. The van der Waals surface area contributed by atoms with E-state index in [-0.39, 0.29) is 18.1 Å². The third-order valence-electron chi connectivity index (χ3n) is 3.19. The molecule has 22 heavy (non-hydrogen) atoms. The Hall–Kier alpha value is -2.83. The normalized spacial score (nSPS) is 10.3. The fourth-order valence-electron chi connectivity index (χ4n) is 1.82. The Morgan fingerprint density at radius 2 is 2.00 bits per heavy atom. The molecule has 0 bridgehead atoms. The molecule has 1 heterocycles. The minimum absolute atomic E-state index is 0.0532. The first-order chi connectivity index (χ1) is 10.5. The van der Waals surface area contributed by atoms with Crippen LogP contribution in [-0.4, -0.2) is 34.7 Å². The summed E-state index contributed by atoms with van der Waals surface area (Å²) in [7, 11) is 3.24. The standard InChI is InChI=1S/C15H19N5O2/c1-19(2)13(21)10-20-15(22)14(16)12(9-18-20)17-8-11-6-4-3-5-7-11/h3-7,9,17H,8,10,16H2,1-2H3. The van der Waals surface area contributed by atoms with E-state index in [2.05, 4.69) is 10.4 Å². The second-order valence-corrected chi connectivity index (χ2v) is 5.06. The van der Waals surface area contributed by atoms with E-state index in [1.807, 2.05) is 30.3 Å². The quantitative estimate of drug-likeness (QED) is 0.840. The zero-order valence-electron chi connectivity index (χ0n) is 12.6. The maximum atomic E-state index is 12.1. The van der Waals surface area contributed by atoms with Crippen molar-refractivity contribution in [3.05, 3.63) is 52.4 Å². The summed E-state index contributed by atoms with van der Waals surface area (Å²) < 4.78 is 1.06. The van der Waals surface area contributed by atoms with Gasteiger partial charge in [-0.05, 0) is 5.56 Å². The van der Waals surface area contributed by atoms with Gasteiger partial charge in [0.25, 0.3) is 5.56 Å². The van der Waals surface area contributed by atoms with Crippen molar-refractivity contribution in [3.8, 4) is 0 Å². The van der Waals surface area contributed by atoms with Crippen LogP contribution in [0.4, 0.5) is 11.4 Å². The highest BCUT2D eigenvalue weighted by Crippen LogP contribution is 2.12. The van der Waals surface area contributed by atoms with E-state index < -0.39 is 5.56 Å². The van der Waals surface area contributed by atoms with Crippen molar-refractivity contribution in [2.24, 2.45) is 0 Å². The number of hydrogen-bond acceptors (Lipinski definition) is 5. The van der Waals surface area contributed by atoms with Gasteiger partial charge in [0.2, 0.25) is 5.91 Å². The van der Waals surface area contributed by atoms with Gasteiger partial charge in [0.1, 0.15) is 12.2 Å². The number of likely N-dealkylation sites (N-methyl/N-ethyl adjacent to an activating group) is 1. The van der Waals surface area contributed by atoms with Crippen molar-refractivity contribution in [3.63, 3.8) is 0 Å². The van der Waals surface area contributed by atoms with E-state index in [1.54, 1.807) is 14.1 Å². The molecule has 0 fully saturated rings. The molecular formula is C15H19N5O2. The van der Waals surface area contributed by atoms with Gasteiger partial charge in [-0.1, -0.05) is 30.3 Å². The number of aromatic nitrogens is 2. The summed E-state index contributed by atoms with van der Waals surface area (Å²) in [6.45, 7) is 0.405. The molecule has 7 heteroatoms. The smallest absolute Gasteiger partial charge is 0.292 e. The van der Waals surface area contributed by atoms with E-state index in [1.165, 1.54) is 11.1 Å². The predicted molar refractivity (Wildman–Crippen MR) is 85.4 cm³/mol. The van der Waals surface area contributed by atoms with Crippen LogP contribution in [0, 0.1) is 0 Å². The third-order valence-corrected chi connectivity index (χ3v) is 3.19. The van der Waals surface area contributed by atoms with Crippen LogP contribution in [0.2, 0.25) is 0 Å². The zero-order chi connectivity index (χ0) is 16.1. The summed E-state index contributed by atoms with van der Waals surface area (Å²) in [6.07, 6.45) is 1.46. The van der Waals surface area contributed by atoms with Gasteiger partial charge in [-0.15, -0.1) is 0 Å². The van der Waals surface area contributed by atoms with Crippen molar-refractivity contribution >= 4 is 17.3 Å². The zero-order valence-corrected chi connectivity index (χ0v) is 12.6. The number of carbonyl (C=O) groups is 1. The van der Waals surface area contributed by atoms with E-state index in [9.17, 15) is 9.59 Å². The summed E-state index contributed by atoms with van der Waals surface area (Å²) >= 11 is 0. The van der Waals surface area contributed by atoms with Crippen molar-refractivity contribution in [1.29, 1.82) is 0 Å². The van der Waals surface area contributed by atoms with E-state index in [4.69, 9.17) is 5.73 Å². The van der Waals surface area contributed by atoms with Crippen molar-refractivity contribution < 1.29 is 4.79 Å². The lowest BCUT2D eigenvalue weighted by molar-refractivity contribution is -0.129. The van der Waals surface area contributed by atoms with Crippen LogP contribution >= 0.6 is 0 Å². The summed E-state index contributed by atoms with van der Waals surface area (Å²) in [5, 5.41) is 7.07. The van der Waals surface area contributed by atoms with Crippen LogP contribution < -0.4 is 16.6 Å². The molecule has 7 nitrogen and oxygen atoms in total. The molecule has 0 atom stereocenters. The molecule has 2 rings (SSSR count).